The lowest BCUT2D eigenvalue weighted by Crippen LogP contribution is -2.31. The van der Waals surface area contributed by atoms with E-state index in [1.54, 1.807) is 48.5 Å². The molecule has 0 fully saturated rings. The summed E-state index contributed by atoms with van der Waals surface area (Å²) in [5, 5.41) is 5.40. The topological polar surface area (TPSA) is 114 Å². The maximum absolute atomic E-state index is 12.5. The number of ether oxygens (including phenoxy) is 2. The van der Waals surface area contributed by atoms with Gasteiger partial charge in [0.05, 0.1) is 23.2 Å². The molecule has 10 heteroatoms. The first kappa shape index (κ1) is 23.1. The number of carbonyl (C=O) groups excluding carboxylic acids is 2. The van der Waals surface area contributed by atoms with Crippen molar-refractivity contribution >= 4 is 33.2 Å². The van der Waals surface area contributed by atoms with Crippen LogP contribution in [0.2, 0.25) is 0 Å². The van der Waals surface area contributed by atoms with Gasteiger partial charge in [-0.1, -0.05) is 18.2 Å². The van der Waals surface area contributed by atoms with Gasteiger partial charge in [0.25, 0.3) is 5.91 Å². The molecule has 0 bridgehead atoms. The lowest BCUT2D eigenvalue weighted by molar-refractivity contribution is -0.116. The van der Waals surface area contributed by atoms with Gasteiger partial charge in [0.2, 0.25) is 22.7 Å². The van der Waals surface area contributed by atoms with E-state index in [2.05, 4.69) is 17.2 Å². The highest BCUT2D eigenvalue weighted by atomic mass is 32.2. The minimum atomic E-state index is -3.57. The Bertz CT molecular complexity index is 1120. The van der Waals surface area contributed by atoms with Gasteiger partial charge in [0.1, 0.15) is 0 Å². The van der Waals surface area contributed by atoms with Gasteiger partial charge in [-0.2, -0.15) is 0 Å². The lowest BCUT2D eigenvalue weighted by Gasteiger charge is -2.22. The third-order valence-electron chi connectivity index (χ3n) is 4.66. The second-order valence-electron chi connectivity index (χ2n) is 7.07. The van der Waals surface area contributed by atoms with Gasteiger partial charge in [-0.15, -0.1) is 6.58 Å². The highest BCUT2D eigenvalue weighted by molar-refractivity contribution is 7.92. The zero-order valence-electron chi connectivity index (χ0n) is 17.7. The summed E-state index contributed by atoms with van der Waals surface area (Å²) in [4.78, 5) is 24.7. The van der Waals surface area contributed by atoms with Crippen LogP contribution >= 0.6 is 0 Å². The molecule has 0 unspecified atom stereocenters. The van der Waals surface area contributed by atoms with Gasteiger partial charge < -0.3 is 20.1 Å². The third-order valence-corrected chi connectivity index (χ3v) is 5.86. The van der Waals surface area contributed by atoms with Crippen molar-refractivity contribution in [3.63, 3.8) is 0 Å². The quantitative estimate of drug-likeness (QED) is 0.528. The van der Waals surface area contributed by atoms with Crippen LogP contribution in [-0.2, 0) is 14.8 Å². The molecular weight excluding hydrogens is 434 g/mol. The average molecular weight is 460 g/mol. The second kappa shape index (κ2) is 10.2. The first-order valence-electron chi connectivity index (χ1n) is 9.95. The van der Waals surface area contributed by atoms with Gasteiger partial charge in [-0.25, -0.2) is 8.42 Å². The Morgan fingerprint density at radius 3 is 2.66 bits per heavy atom. The molecule has 1 aliphatic heterocycles. The normalized spacial score (nSPS) is 12.2. The molecule has 0 aromatic heterocycles. The summed E-state index contributed by atoms with van der Waals surface area (Å²) < 4.78 is 36.4. The van der Waals surface area contributed by atoms with E-state index in [1.165, 1.54) is 4.31 Å². The number of rotatable bonds is 10. The van der Waals surface area contributed by atoms with E-state index in [1.807, 2.05) is 0 Å². The molecule has 170 valence electrons. The number of sulfonamides is 1. The van der Waals surface area contributed by atoms with Crippen molar-refractivity contribution in [1.82, 2.24) is 5.32 Å². The van der Waals surface area contributed by atoms with Crippen LogP contribution in [0.3, 0.4) is 0 Å². The maximum atomic E-state index is 12.5. The number of fused-ring (bicyclic) bond motifs is 1. The molecule has 2 N–H and O–H groups in total. The molecule has 2 aromatic carbocycles. The predicted octanol–water partition coefficient (Wildman–Crippen LogP) is 2.52. The Morgan fingerprint density at radius 1 is 1.16 bits per heavy atom. The van der Waals surface area contributed by atoms with Crippen LogP contribution in [-0.4, -0.2) is 46.4 Å². The van der Waals surface area contributed by atoms with Crippen molar-refractivity contribution in [3.05, 3.63) is 60.7 Å². The standard InChI is InChI=1S/C22H25N3O6S/c1-3-12-23-22(27)17-7-4-5-8-18(17)24-21(26)9-6-13-25(32(2,28)29)16-10-11-19-20(14-16)31-15-30-19/h3-5,7-8,10-11,14H,1,6,9,12-13,15H2,2H3,(H,23,27)(H,24,26). The highest BCUT2D eigenvalue weighted by Gasteiger charge is 2.22. The van der Waals surface area contributed by atoms with Crippen LogP contribution in [0.1, 0.15) is 23.2 Å². The zero-order valence-corrected chi connectivity index (χ0v) is 18.5. The van der Waals surface area contributed by atoms with Gasteiger partial charge in [-0.3, -0.25) is 13.9 Å². The summed E-state index contributed by atoms with van der Waals surface area (Å²) in [5.74, 6) is 0.373. The van der Waals surface area contributed by atoms with Crippen molar-refractivity contribution in [2.24, 2.45) is 0 Å². The number of benzene rings is 2. The van der Waals surface area contributed by atoms with E-state index in [4.69, 9.17) is 9.47 Å². The number of nitrogens with one attached hydrogen (secondary N) is 2. The summed E-state index contributed by atoms with van der Waals surface area (Å²) in [5.41, 5.74) is 1.15. The molecule has 3 rings (SSSR count). The fourth-order valence-electron chi connectivity index (χ4n) is 3.17. The molecule has 2 aromatic rings. The van der Waals surface area contributed by atoms with E-state index >= 15 is 0 Å². The molecule has 1 heterocycles. The first-order chi connectivity index (χ1) is 15.3. The van der Waals surface area contributed by atoms with E-state index in [0.717, 1.165) is 6.26 Å². The lowest BCUT2D eigenvalue weighted by atomic mass is 10.1. The number of anilines is 2. The van der Waals surface area contributed by atoms with Gasteiger partial charge >= 0.3 is 0 Å². The minimum Gasteiger partial charge on any atom is -0.454 e. The summed E-state index contributed by atoms with van der Waals surface area (Å²) in [6, 6.07) is 11.5. The number of carbonyl (C=O) groups is 2. The van der Waals surface area contributed by atoms with E-state index in [0.29, 0.717) is 35.0 Å². The molecule has 32 heavy (non-hydrogen) atoms. The molecule has 0 spiro atoms. The average Bonchev–Trinajstić information content (AvgIpc) is 3.22. The number of amides is 2. The Kier molecular flexibility index (Phi) is 7.37. The van der Waals surface area contributed by atoms with Crippen LogP contribution in [0, 0.1) is 0 Å². The summed E-state index contributed by atoms with van der Waals surface area (Å²) >= 11 is 0. The fourth-order valence-corrected chi connectivity index (χ4v) is 4.13. The van der Waals surface area contributed by atoms with Crippen LogP contribution in [0.5, 0.6) is 11.5 Å². The van der Waals surface area contributed by atoms with Crippen molar-refractivity contribution in [1.29, 1.82) is 0 Å². The van der Waals surface area contributed by atoms with E-state index in [9.17, 15) is 18.0 Å². The maximum Gasteiger partial charge on any atom is 0.253 e. The minimum absolute atomic E-state index is 0.0686. The third kappa shape index (κ3) is 5.79. The van der Waals surface area contributed by atoms with Crippen LogP contribution in [0.25, 0.3) is 0 Å². The summed E-state index contributed by atoms with van der Waals surface area (Å²) in [7, 11) is -3.57. The van der Waals surface area contributed by atoms with Crippen LogP contribution < -0.4 is 24.4 Å². The molecule has 9 nitrogen and oxygen atoms in total. The van der Waals surface area contributed by atoms with Gasteiger partial charge in [0.15, 0.2) is 11.5 Å². The Labute approximate surface area is 187 Å². The fraction of sp³-hybridized carbons (Fsp3) is 0.273. The number of nitrogens with zero attached hydrogens (tertiary/aromatic N) is 1. The van der Waals surface area contributed by atoms with Crippen molar-refractivity contribution in [2.45, 2.75) is 12.8 Å². The number of hydrogen-bond donors (Lipinski definition) is 2. The molecule has 0 radical (unpaired) electrons. The largest absolute Gasteiger partial charge is 0.454 e. The van der Waals surface area contributed by atoms with E-state index < -0.39 is 10.0 Å². The van der Waals surface area contributed by atoms with Crippen LogP contribution in [0.4, 0.5) is 11.4 Å². The second-order valence-corrected chi connectivity index (χ2v) is 8.98. The predicted molar refractivity (Wildman–Crippen MR) is 122 cm³/mol. The monoisotopic (exact) mass is 459 g/mol. The Morgan fingerprint density at radius 2 is 1.91 bits per heavy atom. The van der Waals surface area contributed by atoms with Crippen LogP contribution in [0.15, 0.2) is 55.1 Å². The van der Waals surface area contributed by atoms with Gasteiger partial charge in [0, 0.05) is 25.6 Å². The van der Waals surface area contributed by atoms with Crippen molar-refractivity contribution < 1.29 is 27.5 Å². The molecule has 0 aliphatic carbocycles. The number of para-hydroxylation sites is 1. The zero-order chi connectivity index (χ0) is 23.1. The Hall–Kier alpha value is -3.53. The molecular formula is C22H25N3O6S. The summed E-state index contributed by atoms with van der Waals surface area (Å²) in [6.45, 7) is 4.06. The van der Waals surface area contributed by atoms with Crippen molar-refractivity contribution in [3.8, 4) is 11.5 Å². The van der Waals surface area contributed by atoms with Gasteiger partial charge in [-0.05, 0) is 30.7 Å². The number of hydrogen-bond acceptors (Lipinski definition) is 6. The Balaban J connectivity index is 1.62. The molecule has 0 saturated heterocycles. The highest BCUT2D eigenvalue weighted by Crippen LogP contribution is 2.36. The molecule has 1 aliphatic rings. The summed E-state index contributed by atoms with van der Waals surface area (Å²) in [6.07, 6.45) is 3.01. The smallest absolute Gasteiger partial charge is 0.253 e. The molecule has 2 amide bonds. The van der Waals surface area contributed by atoms with E-state index in [-0.39, 0.29) is 38.0 Å². The molecule has 0 atom stereocenters. The molecule has 0 saturated carbocycles. The SMILES string of the molecule is C=CCNC(=O)c1ccccc1NC(=O)CCCN(c1ccc2c(c1)OCO2)S(C)(=O)=O. The van der Waals surface area contributed by atoms with Crippen molar-refractivity contribution in [2.75, 3.05) is 35.8 Å². The first-order valence-corrected chi connectivity index (χ1v) is 11.8.